The predicted octanol–water partition coefficient (Wildman–Crippen LogP) is 5.27. The Balaban J connectivity index is 1.46. The number of hydrogen-bond donors (Lipinski definition) is 1. The largest absolute Gasteiger partial charge is 0.416 e. The fourth-order valence-electron chi connectivity index (χ4n) is 5.08. The summed E-state index contributed by atoms with van der Waals surface area (Å²) in [4.78, 5) is 19.2. The molecule has 0 aliphatic carbocycles. The van der Waals surface area contributed by atoms with Crippen molar-refractivity contribution in [2.24, 2.45) is 5.41 Å². The van der Waals surface area contributed by atoms with Crippen LogP contribution in [0.1, 0.15) is 52.4 Å². The van der Waals surface area contributed by atoms with E-state index in [1.165, 1.54) is 24.3 Å². The van der Waals surface area contributed by atoms with Gasteiger partial charge in [-0.15, -0.1) is 0 Å². The monoisotopic (exact) mass is 473 g/mol. The summed E-state index contributed by atoms with van der Waals surface area (Å²) in [5.41, 5.74) is 7.40. The minimum Gasteiger partial charge on any atom is -0.383 e. The Morgan fingerprint density at radius 2 is 1.82 bits per heavy atom. The number of rotatable bonds is 2. The molecular weight excluding hydrogens is 450 g/mol. The molecule has 1 fully saturated rings. The normalized spacial score (nSPS) is 19.6. The zero-order chi connectivity index (χ0) is 24.4. The molecule has 1 amide bonds. The quantitative estimate of drug-likeness (QED) is 0.515. The number of anilines is 1. The lowest BCUT2D eigenvalue weighted by Gasteiger charge is -2.25. The van der Waals surface area contributed by atoms with Crippen LogP contribution in [0.5, 0.6) is 0 Å². The van der Waals surface area contributed by atoms with Gasteiger partial charge in [0.25, 0.3) is 5.91 Å². The highest BCUT2D eigenvalue weighted by atomic mass is 19.4. The van der Waals surface area contributed by atoms with Crippen molar-refractivity contribution in [2.75, 3.05) is 18.8 Å². The Hall–Kier alpha value is -3.20. The van der Waals surface area contributed by atoms with Crippen LogP contribution in [0.2, 0.25) is 0 Å². The number of carbonyl (C=O) groups is 1. The van der Waals surface area contributed by atoms with E-state index < -0.39 is 28.9 Å². The first-order valence-electron chi connectivity index (χ1n) is 10.9. The zero-order valence-corrected chi connectivity index (χ0v) is 18.7. The molecule has 5 nitrogen and oxygen atoms in total. The van der Waals surface area contributed by atoms with Gasteiger partial charge in [-0.25, -0.2) is 9.37 Å². The number of likely N-dealkylation sites (tertiary alicyclic amines) is 1. The number of benzene rings is 2. The first-order valence-corrected chi connectivity index (χ1v) is 10.9. The highest BCUT2D eigenvalue weighted by Crippen LogP contribution is 2.44. The van der Waals surface area contributed by atoms with Crippen molar-refractivity contribution in [2.45, 2.75) is 39.2 Å². The van der Waals surface area contributed by atoms with Crippen LogP contribution in [0.15, 0.2) is 36.4 Å². The molecule has 3 aromatic rings. The maximum absolute atomic E-state index is 15.0. The van der Waals surface area contributed by atoms with Crippen LogP contribution in [0, 0.1) is 11.2 Å². The van der Waals surface area contributed by atoms with Crippen molar-refractivity contribution in [3.05, 3.63) is 70.0 Å². The molecule has 0 radical (unpaired) electrons. The number of carbonyl (C=O) groups excluding carboxylic acids is 1. The van der Waals surface area contributed by atoms with E-state index in [-0.39, 0.29) is 18.0 Å². The summed E-state index contributed by atoms with van der Waals surface area (Å²) < 4.78 is 59.3. The Labute approximate surface area is 193 Å². The molecule has 2 aliphatic heterocycles. The molecule has 178 valence electrons. The number of nitrogens with two attached hydrogens (primary N) is 1. The van der Waals surface area contributed by atoms with Gasteiger partial charge in [-0.2, -0.15) is 13.2 Å². The van der Waals surface area contributed by atoms with Crippen molar-refractivity contribution in [1.29, 1.82) is 0 Å². The molecule has 34 heavy (non-hydrogen) atoms. The lowest BCUT2D eigenvalue weighted by atomic mass is 9.78. The summed E-state index contributed by atoms with van der Waals surface area (Å²) in [5, 5.41) is 0.629. The van der Waals surface area contributed by atoms with Crippen molar-refractivity contribution in [3.8, 4) is 0 Å². The maximum atomic E-state index is 15.0. The third-order valence-electron chi connectivity index (χ3n) is 6.92. The average Bonchev–Trinajstić information content (AvgIpc) is 3.37. The van der Waals surface area contributed by atoms with E-state index >= 15 is 4.39 Å². The standard InChI is InChI=1S/C25H23F4N3O2/c1-24(2)12-32(9-19(24)13-3-5-14(6-4-13)25(27,28)29)23(33)16-7-15-17-10-34-11-18(17)22(30)31-21(15)8-20(16)26/h3-8,19H,9-12H2,1-2H3,(H2,30,31)/t19-/m1/s1. The highest BCUT2D eigenvalue weighted by molar-refractivity contribution is 5.99. The highest BCUT2D eigenvalue weighted by Gasteiger charge is 2.43. The molecule has 2 N–H and O–H groups in total. The molecular formula is C25H23F4N3O2. The lowest BCUT2D eigenvalue weighted by Crippen LogP contribution is -2.31. The van der Waals surface area contributed by atoms with Crippen LogP contribution in [0.25, 0.3) is 10.9 Å². The van der Waals surface area contributed by atoms with Gasteiger partial charge in [-0.3, -0.25) is 4.79 Å². The Morgan fingerprint density at radius 3 is 2.50 bits per heavy atom. The van der Waals surface area contributed by atoms with Crippen LogP contribution >= 0.6 is 0 Å². The number of aromatic nitrogens is 1. The number of amides is 1. The zero-order valence-electron chi connectivity index (χ0n) is 18.7. The summed E-state index contributed by atoms with van der Waals surface area (Å²) in [5.74, 6) is -1.06. The number of ether oxygens (including phenoxy) is 1. The molecule has 1 atom stereocenters. The van der Waals surface area contributed by atoms with E-state index in [2.05, 4.69) is 4.98 Å². The molecule has 3 heterocycles. The van der Waals surface area contributed by atoms with Gasteiger partial charge >= 0.3 is 6.18 Å². The van der Waals surface area contributed by atoms with Crippen molar-refractivity contribution < 1.29 is 27.1 Å². The fraction of sp³-hybridized carbons (Fsp3) is 0.360. The molecule has 2 aliphatic rings. The third-order valence-corrected chi connectivity index (χ3v) is 6.92. The van der Waals surface area contributed by atoms with Crippen LogP contribution in [-0.2, 0) is 24.1 Å². The molecule has 0 unspecified atom stereocenters. The second kappa shape index (κ2) is 7.66. The van der Waals surface area contributed by atoms with Crippen LogP contribution < -0.4 is 5.73 Å². The molecule has 0 spiro atoms. The van der Waals surface area contributed by atoms with Crippen LogP contribution in [-0.4, -0.2) is 28.9 Å². The van der Waals surface area contributed by atoms with E-state index in [1.54, 1.807) is 4.90 Å². The van der Waals surface area contributed by atoms with Crippen LogP contribution in [0.4, 0.5) is 23.4 Å². The molecule has 0 bridgehead atoms. The third kappa shape index (κ3) is 3.68. The van der Waals surface area contributed by atoms with Gasteiger partial charge in [0.15, 0.2) is 0 Å². The Morgan fingerprint density at radius 1 is 1.15 bits per heavy atom. The number of fused-ring (bicyclic) bond motifs is 3. The Bertz CT molecular complexity index is 1300. The minimum atomic E-state index is -4.41. The SMILES string of the molecule is CC1(C)CN(C(=O)c2cc3c4c(c(N)nc3cc2F)COC4)C[C@@H]1c1ccc(C(F)(F)F)cc1. The van der Waals surface area contributed by atoms with Gasteiger partial charge in [0, 0.05) is 36.0 Å². The van der Waals surface area contributed by atoms with E-state index in [4.69, 9.17) is 10.5 Å². The Kier molecular flexibility index (Phi) is 5.09. The van der Waals surface area contributed by atoms with E-state index in [0.717, 1.165) is 23.3 Å². The number of nitrogens with zero attached hydrogens (tertiary/aromatic N) is 2. The number of pyridine rings is 1. The summed E-state index contributed by atoms with van der Waals surface area (Å²) in [6.45, 7) is 5.16. The molecule has 5 rings (SSSR count). The molecule has 1 aromatic heterocycles. The number of alkyl halides is 3. The van der Waals surface area contributed by atoms with Crippen molar-refractivity contribution >= 4 is 22.6 Å². The van der Waals surface area contributed by atoms with Crippen molar-refractivity contribution in [3.63, 3.8) is 0 Å². The molecule has 0 saturated carbocycles. The van der Waals surface area contributed by atoms with Gasteiger partial charge in [-0.05, 0) is 34.7 Å². The molecule has 9 heteroatoms. The lowest BCUT2D eigenvalue weighted by molar-refractivity contribution is -0.137. The number of nitrogen functional groups attached to an aromatic ring is 1. The summed E-state index contributed by atoms with van der Waals surface area (Å²) in [7, 11) is 0. The minimum absolute atomic E-state index is 0.0722. The van der Waals surface area contributed by atoms with Gasteiger partial charge < -0.3 is 15.4 Å². The van der Waals surface area contributed by atoms with Crippen molar-refractivity contribution in [1.82, 2.24) is 9.88 Å². The molecule has 2 aromatic carbocycles. The van der Waals surface area contributed by atoms with Gasteiger partial charge in [0.05, 0.1) is 29.9 Å². The second-order valence-corrected chi connectivity index (χ2v) is 9.64. The number of halogens is 4. The fourth-order valence-corrected chi connectivity index (χ4v) is 5.08. The summed E-state index contributed by atoms with van der Waals surface area (Å²) in [6.07, 6.45) is -4.41. The van der Waals surface area contributed by atoms with E-state index in [9.17, 15) is 18.0 Å². The smallest absolute Gasteiger partial charge is 0.383 e. The van der Waals surface area contributed by atoms with Gasteiger partial charge in [0.2, 0.25) is 0 Å². The summed E-state index contributed by atoms with van der Waals surface area (Å²) in [6, 6.07) is 7.75. The molecule has 1 saturated heterocycles. The summed E-state index contributed by atoms with van der Waals surface area (Å²) >= 11 is 0. The first-order chi connectivity index (χ1) is 16.0. The van der Waals surface area contributed by atoms with E-state index in [0.29, 0.717) is 42.0 Å². The average molecular weight is 473 g/mol. The predicted molar refractivity (Wildman–Crippen MR) is 118 cm³/mol. The first kappa shape index (κ1) is 22.6. The topological polar surface area (TPSA) is 68.5 Å². The maximum Gasteiger partial charge on any atom is 0.416 e. The second-order valence-electron chi connectivity index (χ2n) is 9.64. The van der Waals surface area contributed by atoms with Crippen LogP contribution in [0.3, 0.4) is 0 Å². The van der Waals surface area contributed by atoms with Gasteiger partial charge in [-0.1, -0.05) is 26.0 Å². The van der Waals surface area contributed by atoms with Gasteiger partial charge in [0.1, 0.15) is 11.6 Å². The van der Waals surface area contributed by atoms with E-state index in [1.807, 2.05) is 13.8 Å². The number of hydrogen-bond acceptors (Lipinski definition) is 4.